The number of carbonyl (C=O) groups is 1. The molecule has 0 spiro atoms. The van der Waals surface area contributed by atoms with Crippen molar-refractivity contribution in [3.05, 3.63) is 72.3 Å². The highest BCUT2D eigenvalue weighted by Gasteiger charge is 2.15. The molecule has 3 aromatic rings. The number of amides is 1. The second-order valence-corrected chi connectivity index (χ2v) is 8.00. The fourth-order valence-corrected chi connectivity index (χ4v) is 3.86. The number of methoxy groups -OCH3 is 1. The third-order valence-corrected chi connectivity index (χ3v) is 5.74. The van der Waals surface area contributed by atoms with Gasteiger partial charge in [-0.05, 0) is 36.6 Å². The molecule has 0 bridgehead atoms. The third-order valence-electron chi connectivity index (χ3n) is 4.32. The molecule has 0 radical (unpaired) electrons. The van der Waals surface area contributed by atoms with Gasteiger partial charge < -0.3 is 4.74 Å². The van der Waals surface area contributed by atoms with Crippen LogP contribution in [0.1, 0.15) is 12.5 Å². The van der Waals surface area contributed by atoms with Crippen molar-refractivity contribution in [1.82, 2.24) is 10.1 Å². The van der Waals surface area contributed by atoms with E-state index in [1.807, 2.05) is 36.4 Å². The van der Waals surface area contributed by atoms with Crippen LogP contribution in [0.5, 0.6) is 5.75 Å². The molecular formula is C21H21N3O4S. The highest BCUT2D eigenvalue weighted by Crippen LogP contribution is 2.28. The zero-order chi connectivity index (χ0) is 20.9. The second-order valence-electron chi connectivity index (χ2n) is 6.23. The Morgan fingerprint density at radius 2 is 1.62 bits per heavy atom. The zero-order valence-electron chi connectivity index (χ0n) is 16.0. The first-order chi connectivity index (χ1) is 13.9. The summed E-state index contributed by atoms with van der Waals surface area (Å²) in [6.07, 6.45) is 0. The number of rotatable bonds is 7. The van der Waals surface area contributed by atoms with E-state index in [1.165, 1.54) is 12.1 Å². The second kappa shape index (κ2) is 8.85. The van der Waals surface area contributed by atoms with Gasteiger partial charge in [0.15, 0.2) is 0 Å². The number of nitrogens with one attached hydrogen (secondary N) is 2. The Morgan fingerprint density at radius 1 is 0.966 bits per heavy atom. The average molecular weight is 411 g/mol. The molecule has 0 saturated heterocycles. The van der Waals surface area contributed by atoms with Crippen LogP contribution in [0.3, 0.4) is 0 Å². The number of nitrogens with zero attached hydrogens (tertiary/aromatic N) is 1. The normalized spacial score (nSPS) is 12.0. The molecule has 1 amide bonds. The number of fused-ring (bicyclic) bond motifs is 1. The van der Waals surface area contributed by atoms with Gasteiger partial charge in [0.25, 0.3) is 5.91 Å². The van der Waals surface area contributed by atoms with Crippen molar-refractivity contribution >= 4 is 32.4 Å². The molecule has 0 aliphatic carbocycles. The molecule has 3 rings (SSSR count). The van der Waals surface area contributed by atoms with Crippen LogP contribution in [0.2, 0.25) is 0 Å². The van der Waals surface area contributed by atoms with Crippen molar-refractivity contribution in [2.24, 2.45) is 5.10 Å². The van der Waals surface area contributed by atoms with Crippen molar-refractivity contribution in [3.63, 3.8) is 0 Å². The molecule has 29 heavy (non-hydrogen) atoms. The van der Waals surface area contributed by atoms with Crippen molar-refractivity contribution in [2.75, 3.05) is 13.7 Å². The van der Waals surface area contributed by atoms with E-state index in [0.29, 0.717) is 5.71 Å². The molecule has 0 atom stereocenters. The lowest BCUT2D eigenvalue weighted by Gasteiger charge is -2.10. The summed E-state index contributed by atoms with van der Waals surface area (Å²) in [7, 11) is -2.15. The number of sulfonamides is 1. The Labute approximate surface area is 169 Å². The predicted octanol–water partition coefficient (Wildman–Crippen LogP) is 2.67. The largest absolute Gasteiger partial charge is 0.496 e. The molecule has 0 aromatic heterocycles. The number of hydrogen-bond acceptors (Lipinski definition) is 5. The van der Waals surface area contributed by atoms with Crippen LogP contribution in [0.25, 0.3) is 10.8 Å². The van der Waals surface area contributed by atoms with Gasteiger partial charge in [-0.3, -0.25) is 4.79 Å². The van der Waals surface area contributed by atoms with Crippen LogP contribution in [0, 0.1) is 0 Å². The molecule has 8 heteroatoms. The molecule has 0 aliphatic rings. The highest BCUT2D eigenvalue weighted by atomic mass is 32.2. The summed E-state index contributed by atoms with van der Waals surface area (Å²) in [5.41, 5.74) is 3.81. The predicted molar refractivity (Wildman–Crippen MR) is 112 cm³/mol. The standard InChI is InChI=1S/C21H21N3O4S/c1-15(17-12-13-20(28-2)19-11-7-6-10-18(17)19)23-24-21(25)14-22-29(26,27)16-8-4-3-5-9-16/h3-13,22H,14H2,1-2H3,(H,24,25)/b23-15-. The van der Waals surface area contributed by atoms with Crippen molar-refractivity contribution in [1.29, 1.82) is 0 Å². The summed E-state index contributed by atoms with van der Waals surface area (Å²) in [5, 5.41) is 5.99. The van der Waals surface area contributed by atoms with E-state index in [1.54, 1.807) is 32.2 Å². The molecule has 7 nitrogen and oxygen atoms in total. The molecule has 0 heterocycles. The van der Waals surface area contributed by atoms with Gasteiger partial charge in [-0.15, -0.1) is 0 Å². The molecule has 3 aromatic carbocycles. The first kappa shape index (κ1) is 20.5. The fourth-order valence-electron chi connectivity index (χ4n) is 2.85. The molecule has 0 unspecified atom stereocenters. The van der Waals surface area contributed by atoms with Gasteiger partial charge >= 0.3 is 0 Å². The summed E-state index contributed by atoms with van der Waals surface area (Å²) in [5.74, 6) is 0.179. The SMILES string of the molecule is COc1ccc(/C(C)=N\NC(=O)CNS(=O)(=O)c2ccccc2)c2ccccc12. The van der Waals surface area contributed by atoms with Crippen LogP contribution in [-0.4, -0.2) is 33.7 Å². The van der Waals surface area contributed by atoms with Gasteiger partial charge in [-0.2, -0.15) is 5.10 Å². The highest BCUT2D eigenvalue weighted by molar-refractivity contribution is 7.89. The number of hydrazone groups is 1. The van der Waals surface area contributed by atoms with Crippen molar-refractivity contribution in [3.8, 4) is 5.75 Å². The van der Waals surface area contributed by atoms with Crippen molar-refractivity contribution < 1.29 is 17.9 Å². The van der Waals surface area contributed by atoms with Crippen LogP contribution in [-0.2, 0) is 14.8 Å². The van der Waals surface area contributed by atoms with Crippen LogP contribution < -0.4 is 14.9 Å². The molecule has 0 saturated carbocycles. The Kier molecular flexibility index (Phi) is 6.26. The minimum absolute atomic E-state index is 0.0946. The molecule has 150 valence electrons. The molecular weight excluding hydrogens is 390 g/mol. The van der Waals surface area contributed by atoms with Gasteiger partial charge in [0, 0.05) is 10.9 Å². The van der Waals surface area contributed by atoms with E-state index >= 15 is 0 Å². The van der Waals surface area contributed by atoms with Gasteiger partial charge in [-0.1, -0.05) is 42.5 Å². The molecule has 0 fully saturated rings. The molecule has 2 N–H and O–H groups in total. The van der Waals surface area contributed by atoms with E-state index in [9.17, 15) is 13.2 Å². The minimum atomic E-state index is -3.76. The fraction of sp³-hybridized carbons (Fsp3) is 0.143. The van der Waals surface area contributed by atoms with Crippen LogP contribution in [0.15, 0.2) is 76.7 Å². The lowest BCUT2D eigenvalue weighted by molar-refractivity contribution is -0.119. The van der Waals surface area contributed by atoms with Crippen LogP contribution >= 0.6 is 0 Å². The van der Waals surface area contributed by atoms with E-state index in [2.05, 4.69) is 15.2 Å². The monoisotopic (exact) mass is 411 g/mol. The maximum absolute atomic E-state index is 12.2. The van der Waals surface area contributed by atoms with Gasteiger partial charge in [0.1, 0.15) is 5.75 Å². The smallest absolute Gasteiger partial charge is 0.255 e. The topological polar surface area (TPSA) is 96.9 Å². The number of hydrogen-bond donors (Lipinski definition) is 2. The lowest BCUT2D eigenvalue weighted by Crippen LogP contribution is -2.35. The van der Waals surface area contributed by atoms with Gasteiger partial charge in [-0.25, -0.2) is 18.6 Å². The van der Waals surface area contributed by atoms with Gasteiger partial charge in [0.2, 0.25) is 10.0 Å². The van der Waals surface area contributed by atoms with Crippen molar-refractivity contribution in [2.45, 2.75) is 11.8 Å². The number of carbonyl (C=O) groups excluding carboxylic acids is 1. The van der Waals surface area contributed by atoms with E-state index in [-0.39, 0.29) is 4.90 Å². The quantitative estimate of drug-likeness (QED) is 0.461. The summed E-state index contributed by atoms with van der Waals surface area (Å²) in [4.78, 5) is 12.2. The average Bonchev–Trinajstić information content (AvgIpc) is 2.76. The Balaban J connectivity index is 1.70. The summed E-state index contributed by atoms with van der Waals surface area (Å²) in [6, 6.07) is 19.3. The molecule has 0 aliphatic heterocycles. The Bertz CT molecular complexity index is 1160. The zero-order valence-corrected chi connectivity index (χ0v) is 16.9. The Morgan fingerprint density at radius 3 is 2.31 bits per heavy atom. The van der Waals surface area contributed by atoms with Gasteiger partial charge in [0.05, 0.1) is 24.3 Å². The maximum Gasteiger partial charge on any atom is 0.255 e. The number of ether oxygens (including phenoxy) is 1. The van der Waals surface area contributed by atoms with E-state index in [0.717, 1.165) is 22.1 Å². The summed E-state index contributed by atoms with van der Waals surface area (Å²) >= 11 is 0. The summed E-state index contributed by atoms with van der Waals surface area (Å²) in [6.45, 7) is 1.35. The Hall–Kier alpha value is -3.23. The van der Waals surface area contributed by atoms with Crippen LogP contribution in [0.4, 0.5) is 0 Å². The van der Waals surface area contributed by atoms with E-state index < -0.39 is 22.5 Å². The maximum atomic E-state index is 12.2. The number of benzene rings is 3. The summed E-state index contributed by atoms with van der Waals surface area (Å²) < 4.78 is 32.0. The lowest BCUT2D eigenvalue weighted by atomic mass is 10.0. The minimum Gasteiger partial charge on any atom is -0.496 e. The first-order valence-corrected chi connectivity index (χ1v) is 10.3. The first-order valence-electron chi connectivity index (χ1n) is 8.86. The third kappa shape index (κ3) is 4.79. The van der Waals surface area contributed by atoms with E-state index in [4.69, 9.17) is 4.74 Å².